The number of hydrogen-bond donors (Lipinski definition) is 0. The Morgan fingerprint density at radius 3 is 3.20 bits per heavy atom. The van der Waals surface area contributed by atoms with E-state index in [0.29, 0.717) is 0 Å². The maximum absolute atomic E-state index is 5.22. The second kappa shape index (κ2) is 1.87. The molecule has 0 atom stereocenters. The van der Waals surface area contributed by atoms with Gasteiger partial charge in [0.2, 0.25) is 0 Å². The Bertz CT molecular complexity index is 346. The van der Waals surface area contributed by atoms with Crippen LogP contribution in [0, 0.1) is 13.0 Å². The molecule has 0 aliphatic heterocycles. The molecule has 2 aromatic rings. The van der Waals surface area contributed by atoms with Crippen LogP contribution in [0.1, 0.15) is 5.56 Å². The number of rotatable bonds is 0. The average Bonchev–Trinajstić information content (AvgIpc) is 2.34. The lowest BCUT2D eigenvalue weighted by atomic mass is 10.2. The second-order valence-corrected chi connectivity index (χ2v) is 2.34. The van der Waals surface area contributed by atoms with E-state index in [-0.39, 0.29) is 0 Å². The molecule has 1 heterocycles. The number of fused-ring (bicyclic) bond motifs is 1. The largest absolute Gasteiger partial charge is 0.464 e. The first-order chi connectivity index (χ1) is 4.88. The van der Waals surface area contributed by atoms with Gasteiger partial charge in [0, 0.05) is 5.39 Å². The number of hydrogen-bond acceptors (Lipinski definition) is 1. The van der Waals surface area contributed by atoms with Crippen LogP contribution in [0.15, 0.2) is 28.9 Å². The third-order valence-corrected chi connectivity index (χ3v) is 1.61. The Hall–Kier alpha value is -1.24. The minimum Gasteiger partial charge on any atom is -0.464 e. The third-order valence-electron chi connectivity index (χ3n) is 1.61. The molecular weight excluding hydrogens is 124 g/mol. The van der Waals surface area contributed by atoms with Crippen molar-refractivity contribution in [1.82, 2.24) is 0 Å². The van der Waals surface area contributed by atoms with E-state index in [1.807, 2.05) is 25.1 Å². The van der Waals surface area contributed by atoms with Crippen molar-refractivity contribution < 1.29 is 4.42 Å². The molecule has 0 N–H and O–H groups in total. The molecule has 0 saturated heterocycles. The predicted molar refractivity (Wildman–Crippen MR) is 39.8 cm³/mol. The molecule has 0 saturated carbocycles. The van der Waals surface area contributed by atoms with Crippen LogP contribution in [0.2, 0.25) is 0 Å². The summed E-state index contributed by atoms with van der Waals surface area (Å²) in [5.74, 6) is 0. The van der Waals surface area contributed by atoms with Gasteiger partial charge in [0.15, 0.2) is 0 Å². The summed E-state index contributed by atoms with van der Waals surface area (Å²) in [6.45, 7) is 2.03. The van der Waals surface area contributed by atoms with Crippen LogP contribution < -0.4 is 0 Å². The summed E-state index contributed by atoms with van der Waals surface area (Å²) < 4.78 is 5.22. The molecule has 1 aromatic carbocycles. The fraction of sp³-hybridized carbons (Fsp3) is 0.111. The van der Waals surface area contributed by atoms with Crippen molar-refractivity contribution >= 4 is 11.0 Å². The van der Waals surface area contributed by atoms with Crippen LogP contribution in [0.4, 0.5) is 0 Å². The number of benzene rings is 1. The van der Waals surface area contributed by atoms with Gasteiger partial charge in [-0.2, -0.15) is 0 Å². The lowest BCUT2D eigenvalue weighted by Gasteiger charge is -1.84. The Morgan fingerprint density at radius 1 is 1.50 bits per heavy atom. The van der Waals surface area contributed by atoms with E-state index in [4.69, 9.17) is 4.42 Å². The normalized spacial score (nSPS) is 10.5. The Labute approximate surface area is 59.3 Å². The van der Waals surface area contributed by atoms with Crippen molar-refractivity contribution in [3.05, 3.63) is 36.1 Å². The van der Waals surface area contributed by atoms with Crippen LogP contribution >= 0.6 is 0 Å². The first-order valence-electron chi connectivity index (χ1n) is 3.22. The summed E-state index contributed by atoms with van der Waals surface area (Å²) in [6, 6.07) is 8.71. The van der Waals surface area contributed by atoms with E-state index in [9.17, 15) is 0 Å². The highest BCUT2D eigenvalue weighted by atomic mass is 16.3. The summed E-state index contributed by atoms with van der Waals surface area (Å²) >= 11 is 0. The molecule has 0 spiro atoms. The van der Waals surface area contributed by atoms with Crippen LogP contribution in [-0.2, 0) is 0 Å². The van der Waals surface area contributed by atoms with Crippen LogP contribution in [0.5, 0.6) is 0 Å². The van der Waals surface area contributed by atoms with Gasteiger partial charge in [-0.25, -0.2) is 0 Å². The Kier molecular flexibility index (Phi) is 1.04. The molecule has 0 amide bonds. The van der Waals surface area contributed by atoms with E-state index in [1.54, 1.807) is 6.26 Å². The van der Waals surface area contributed by atoms with Gasteiger partial charge in [-0.3, -0.25) is 0 Å². The van der Waals surface area contributed by atoms with Crippen molar-refractivity contribution in [2.75, 3.05) is 0 Å². The quantitative estimate of drug-likeness (QED) is 0.535. The summed E-state index contributed by atoms with van der Waals surface area (Å²) in [5.41, 5.74) is 2.10. The van der Waals surface area contributed by atoms with Gasteiger partial charge in [-0.05, 0) is 24.6 Å². The lowest BCUT2D eigenvalue weighted by Crippen LogP contribution is -1.64. The zero-order valence-corrected chi connectivity index (χ0v) is 5.72. The molecule has 0 aliphatic carbocycles. The molecule has 0 unspecified atom stereocenters. The summed E-state index contributed by atoms with van der Waals surface area (Å²) in [5, 5.41) is 1.18. The minimum atomic E-state index is 0.917. The van der Waals surface area contributed by atoms with E-state index in [0.717, 1.165) is 5.58 Å². The highest BCUT2D eigenvalue weighted by molar-refractivity contribution is 5.80. The van der Waals surface area contributed by atoms with Gasteiger partial charge in [0.25, 0.3) is 0 Å². The molecule has 0 aliphatic rings. The molecule has 1 aromatic heterocycles. The van der Waals surface area contributed by atoms with Crippen LogP contribution in [0.3, 0.4) is 0 Å². The lowest BCUT2D eigenvalue weighted by molar-refractivity contribution is 0.613. The van der Waals surface area contributed by atoms with Gasteiger partial charge in [-0.15, -0.1) is 0 Å². The smallest absolute Gasteiger partial charge is 0.134 e. The molecule has 1 radical (unpaired) electrons. The highest BCUT2D eigenvalue weighted by Crippen LogP contribution is 2.18. The zero-order chi connectivity index (χ0) is 6.97. The summed E-state index contributed by atoms with van der Waals surface area (Å²) in [4.78, 5) is 0. The maximum atomic E-state index is 5.22. The summed E-state index contributed by atoms with van der Waals surface area (Å²) in [6.07, 6.45) is 1.76. The number of furan rings is 1. The van der Waals surface area contributed by atoms with Crippen LogP contribution in [-0.4, -0.2) is 0 Å². The molecule has 10 heavy (non-hydrogen) atoms. The van der Waals surface area contributed by atoms with E-state index in [1.165, 1.54) is 10.9 Å². The zero-order valence-electron chi connectivity index (χ0n) is 5.72. The van der Waals surface area contributed by atoms with Crippen molar-refractivity contribution in [3.63, 3.8) is 0 Å². The molecule has 0 fully saturated rings. The highest BCUT2D eigenvalue weighted by Gasteiger charge is 1.97. The first kappa shape index (κ1) is 5.54. The number of aryl methyl sites for hydroxylation is 1. The van der Waals surface area contributed by atoms with E-state index < -0.39 is 0 Å². The SMILES string of the molecule is Cc1coc2c[c]ccc12. The first-order valence-corrected chi connectivity index (χ1v) is 3.22. The Balaban J connectivity index is 2.93. The molecule has 0 bridgehead atoms. The van der Waals surface area contributed by atoms with Crippen molar-refractivity contribution in [2.45, 2.75) is 6.92 Å². The second-order valence-electron chi connectivity index (χ2n) is 2.34. The van der Waals surface area contributed by atoms with Crippen molar-refractivity contribution in [2.24, 2.45) is 0 Å². The van der Waals surface area contributed by atoms with Gasteiger partial charge >= 0.3 is 0 Å². The fourth-order valence-corrected chi connectivity index (χ4v) is 1.05. The van der Waals surface area contributed by atoms with Gasteiger partial charge in [0.05, 0.1) is 6.26 Å². The van der Waals surface area contributed by atoms with Crippen molar-refractivity contribution in [1.29, 1.82) is 0 Å². The molecular formula is C9H7O. The van der Waals surface area contributed by atoms with E-state index in [2.05, 4.69) is 6.07 Å². The third kappa shape index (κ3) is 0.637. The molecule has 2 rings (SSSR count). The van der Waals surface area contributed by atoms with Gasteiger partial charge in [-0.1, -0.05) is 12.1 Å². The average molecular weight is 131 g/mol. The fourth-order valence-electron chi connectivity index (χ4n) is 1.05. The maximum Gasteiger partial charge on any atom is 0.134 e. The van der Waals surface area contributed by atoms with Gasteiger partial charge in [0.1, 0.15) is 5.58 Å². The standard InChI is InChI=1S/C9H7O/c1-7-6-10-9-5-3-2-4-8(7)9/h2,4-6H,1H3. The summed E-state index contributed by atoms with van der Waals surface area (Å²) in [7, 11) is 0. The van der Waals surface area contributed by atoms with E-state index >= 15 is 0 Å². The topological polar surface area (TPSA) is 13.1 Å². The predicted octanol–water partition coefficient (Wildman–Crippen LogP) is 2.54. The van der Waals surface area contributed by atoms with Crippen LogP contribution in [0.25, 0.3) is 11.0 Å². The Morgan fingerprint density at radius 2 is 2.40 bits per heavy atom. The minimum absolute atomic E-state index is 0.917. The molecule has 1 heteroatoms. The molecule has 49 valence electrons. The molecule has 1 nitrogen and oxygen atoms in total. The van der Waals surface area contributed by atoms with Crippen molar-refractivity contribution in [3.8, 4) is 0 Å². The van der Waals surface area contributed by atoms with Gasteiger partial charge < -0.3 is 4.42 Å². The monoisotopic (exact) mass is 131 g/mol.